The van der Waals surface area contributed by atoms with Crippen molar-refractivity contribution in [2.75, 3.05) is 18.1 Å². The van der Waals surface area contributed by atoms with Gasteiger partial charge in [0.1, 0.15) is 11.4 Å². The third-order valence-electron chi connectivity index (χ3n) is 6.55. The lowest BCUT2D eigenvalue weighted by atomic mass is 9.98. The van der Waals surface area contributed by atoms with Gasteiger partial charge in [0, 0.05) is 24.7 Å². The highest BCUT2D eigenvalue weighted by molar-refractivity contribution is 8.01. The first kappa shape index (κ1) is 38.0. The lowest BCUT2D eigenvalue weighted by Gasteiger charge is -2.17. The number of nitro benzene ring substituents is 1. The number of carbonyl (C=O) groups excluding carboxylic acids is 2. The van der Waals surface area contributed by atoms with Gasteiger partial charge in [-0.15, -0.1) is 23.1 Å². The van der Waals surface area contributed by atoms with Crippen molar-refractivity contribution in [1.82, 2.24) is 5.32 Å². The Morgan fingerprint density at radius 1 is 1.12 bits per heavy atom. The molecule has 0 aliphatic carbocycles. The molecule has 0 atom stereocenters. The number of hydrogen-bond donors (Lipinski definition) is 4. The fourth-order valence-electron chi connectivity index (χ4n) is 4.51. The van der Waals surface area contributed by atoms with Gasteiger partial charge in [0.05, 0.1) is 29.4 Å². The Morgan fingerprint density at radius 3 is 2.46 bits per heavy atom. The van der Waals surface area contributed by atoms with Crippen molar-refractivity contribution >= 4 is 68.2 Å². The fraction of sp³-hybridized carbons (Fsp3) is 0.355. The first-order valence-corrected chi connectivity index (χ1v) is 18.1. The molecule has 0 aliphatic heterocycles. The van der Waals surface area contributed by atoms with Crippen LogP contribution in [0.2, 0.25) is 0 Å². The fourth-order valence-corrected chi connectivity index (χ4v) is 8.46. The molecule has 3 rings (SSSR count). The highest BCUT2D eigenvalue weighted by Crippen LogP contribution is 2.40. The Balaban J connectivity index is 1.90. The molecular weight excluding hydrogens is 683 g/mol. The topological polar surface area (TPSA) is 220 Å². The molecular formula is C31H37N5O9S3. The zero-order chi connectivity index (χ0) is 35.8. The summed E-state index contributed by atoms with van der Waals surface area (Å²) in [5, 5.41) is 26.1. The number of anilines is 1. The molecule has 0 unspecified atom stereocenters. The van der Waals surface area contributed by atoms with E-state index in [1.807, 2.05) is 0 Å². The van der Waals surface area contributed by atoms with Gasteiger partial charge in [0.25, 0.3) is 5.69 Å². The molecule has 258 valence electrons. The summed E-state index contributed by atoms with van der Waals surface area (Å²) < 4.78 is 33.4. The first-order chi connectivity index (χ1) is 22.4. The predicted octanol–water partition coefficient (Wildman–Crippen LogP) is 6.59. The molecule has 0 radical (unpaired) electrons. The van der Waals surface area contributed by atoms with Crippen molar-refractivity contribution in [3.63, 3.8) is 0 Å². The summed E-state index contributed by atoms with van der Waals surface area (Å²) in [7, 11) is -4.17. The molecule has 0 aliphatic rings. The summed E-state index contributed by atoms with van der Waals surface area (Å²) in [5.41, 5.74) is 5.90. The Hall–Kier alpha value is -4.48. The largest absolute Gasteiger partial charge is 0.481 e. The maximum absolute atomic E-state index is 13.9. The molecule has 0 saturated heterocycles. The number of amides is 3. The number of urea groups is 1. The van der Waals surface area contributed by atoms with Crippen LogP contribution < -0.4 is 16.4 Å². The molecule has 48 heavy (non-hydrogen) atoms. The molecule has 5 N–H and O–H groups in total. The SMILES string of the molecule is CSc1sc(/C(N)=N\C(=O)OC(C)(C)C)cc1S(=O)(=O)c1cccc(-c2c(C)cc(NC(=O)NCCCCCC(=O)O)cc2[N+](=O)[O-])c1. The number of rotatable bonds is 13. The van der Waals surface area contributed by atoms with Crippen LogP contribution in [0.5, 0.6) is 0 Å². The number of carboxylic acid groups (broad SMARTS) is 1. The van der Waals surface area contributed by atoms with Crippen molar-refractivity contribution in [2.45, 2.75) is 73.0 Å². The number of benzene rings is 2. The van der Waals surface area contributed by atoms with Gasteiger partial charge in [0.2, 0.25) is 9.84 Å². The second-order valence-electron chi connectivity index (χ2n) is 11.5. The number of nitrogens with zero attached hydrogens (tertiary/aromatic N) is 2. The monoisotopic (exact) mass is 719 g/mol. The van der Waals surface area contributed by atoms with Crippen molar-refractivity contribution in [1.29, 1.82) is 0 Å². The van der Waals surface area contributed by atoms with E-state index in [1.165, 1.54) is 42.1 Å². The van der Waals surface area contributed by atoms with Gasteiger partial charge in [0.15, 0.2) is 0 Å². The van der Waals surface area contributed by atoms with Crippen molar-refractivity contribution in [3.8, 4) is 11.1 Å². The van der Waals surface area contributed by atoms with Crippen molar-refractivity contribution in [3.05, 3.63) is 63.0 Å². The van der Waals surface area contributed by atoms with E-state index in [1.54, 1.807) is 46.1 Å². The molecule has 2 aromatic carbocycles. The molecule has 0 fully saturated rings. The Bertz CT molecular complexity index is 1850. The molecule has 0 bridgehead atoms. The van der Waals surface area contributed by atoms with E-state index < -0.39 is 38.5 Å². The lowest BCUT2D eigenvalue weighted by Crippen LogP contribution is -2.29. The van der Waals surface area contributed by atoms with Crippen LogP contribution in [0.15, 0.2) is 61.5 Å². The molecule has 14 nitrogen and oxygen atoms in total. The predicted molar refractivity (Wildman–Crippen MR) is 185 cm³/mol. The number of carbonyl (C=O) groups is 3. The van der Waals surface area contributed by atoms with Crippen LogP contribution in [0, 0.1) is 17.0 Å². The van der Waals surface area contributed by atoms with E-state index in [4.69, 9.17) is 15.6 Å². The molecule has 3 aromatic rings. The summed E-state index contributed by atoms with van der Waals surface area (Å²) in [6.45, 7) is 6.92. The van der Waals surface area contributed by atoms with E-state index in [2.05, 4.69) is 15.6 Å². The number of hydrogen-bond acceptors (Lipinski definition) is 10. The maximum atomic E-state index is 13.9. The number of thioether (sulfide) groups is 1. The highest BCUT2D eigenvalue weighted by atomic mass is 32.2. The van der Waals surface area contributed by atoms with Crippen LogP contribution in [-0.4, -0.2) is 60.8 Å². The number of aliphatic imine (C=N–C) groups is 1. The summed E-state index contributed by atoms with van der Waals surface area (Å²) in [6, 6.07) is 9.23. The Kier molecular flexibility index (Phi) is 12.7. The van der Waals surface area contributed by atoms with E-state index in [-0.39, 0.29) is 49.4 Å². The molecule has 1 aromatic heterocycles. The molecule has 0 spiro atoms. The molecule has 1 heterocycles. The van der Waals surface area contributed by atoms with Gasteiger partial charge in [-0.1, -0.05) is 18.6 Å². The van der Waals surface area contributed by atoms with E-state index in [0.717, 1.165) is 11.3 Å². The number of sulfone groups is 1. The summed E-state index contributed by atoms with van der Waals surface area (Å²) in [4.78, 5) is 50.5. The van der Waals surface area contributed by atoms with Gasteiger partial charge in [-0.25, -0.2) is 18.0 Å². The summed E-state index contributed by atoms with van der Waals surface area (Å²) in [6.07, 6.45) is 2.49. The normalized spacial score (nSPS) is 12.0. The number of nitro groups is 1. The number of unbranched alkanes of at least 4 members (excludes halogenated alkanes) is 2. The van der Waals surface area contributed by atoms with Crippen LogP contribution in [0.4, 0.5) is 21.0 Å². The third-order valence-corrected chi connectivity index (χ3v) is 10.9. The summed E-state index contributed by atoms with van der Waals surface area (Å²) >= 11 is 2.22. The van der Waals surface area contributed by atoms with E-state index in [0.29, 0.717) is 35.6 Å². The van der Waals surface area contributed by atoms with Crippen molar-refractivity contribution < 1.29 is 37.6 Å². The molecule has 0 saturated carbocycles. The minimum atomic E-state index is -4.17. The van der Waals surface area contributed by atoms with Gasteiger partial charge in [-0.3, -0.25) is 14.9 Å². The lowest BCUT2D eigenvalue weighted by molar-refractivity contribution is -0.384. The number of aryl methyl sites for hydroxylation is 1. The standard InChI is InChI=1S/C31H37N5O9S3/c1-18-14-20(34-29(39)33-13-8-6-7-12-25(37)38)16-22(36(41)42)26(18)19-10-9-11-21(15-19)48(43,44)24-17-23(47-28(24)46-5)27(32)35-30(40)45-31(2,3)4/h9-11,14-17H,6-8,12-13H2,1-5H3,(H,37,38)(H2,32,35,40)(H2,33,34,39). The van der Waals surface area contributed by atoms with Gasteiger partial charge in [-0.05, 0) is 82.2 Å². The zero-order valence-electron chi connectivity index (χ0n) is 27.0. The number of thiophene rings is 1. The van der Waals surface area contributed by atoms with Gasteiger partial charge < -0.3 is 26.2 Å². The average molecular weight is 720 g/mol. The second kappa shape index (κ2) is 16.1. The minimum Gasteiger partial charge on any atom is -0.481 e. The Morgan fingerprint density at radius 2 is 1.83 bits per heavy atom. The van der Waals surface area contributed by atoms with Crippen LogP contribution in [0.25, 0.3) is 11.1 Å². The number of ether oxygens (including phenoxy) is 1. The smallest absolute Gasteiger partial charge is 0.436 e. The number of nitrogens with two attached hydrogens (primary N) is 1. The number of amidine groups is 1. The zero-order valence-corrected chi connectivity index (χ0v) is 29.4. The van der Waals surface area contributed by atoms with Gasteiger partial charge >= 0.3 is 18.1 Å². The third kappa shape index (κ3) is 10.3. The van der Waals surface area contributed by atoms with Crippen LogP contribution in [-0.2, 0) is 19.4 Å². The quantitative estimate of drug-likeness (QED) is 0.0368. The molecule has 3 amide bonds. The minimum absolute atomic E-state index is 0.0475. The second-order valence-corrected chi connectivity index (χ2v) is 15.6. The van der Waals surface area contributed by atoms with E-state index >= 15 is 0 Å². The van der Waals surface area contributed by atoms with Crippen molar-refractivity contribution in [2.24, 2.45) is 10.7 Å². The average Bonchev–Trinajstić information content (AvgIpc) is 3.43. The van der Waals surface area contributed by atoms with E-state index in [9.17, 15) is 32.9 Å². The Labute approximate surface area is 286 Å². The number of nitrogens with one attached hydrogen (secondary N) is 2. The van der Waals surface area contributed by atoms with Crippen LogP contribution in [0.1, 0.15) is 56.9 Å². The van der Waals surface area contributed by atoms with Crippen LogP contribution >= 0.6 is 23.1 Å². The van der Waals surface area contributed by atoms with Gasteiger partial charge in [-0.2, -0.15) is 4.99 Å². The highest BCUT2D eigenvalue weighted by Gasteiger charge is 2.28. The molecule has 17 heteroatoms. The van der Waals surface area contributed by atoms with Crippen LogP contribution in [0.3, 0.4) is 0 Å². The summed E-state index contributed by atoms with van der Waals surface area (Å²) in [5.74, 6) is -1.09. The number of carboxylic acids is 1. The first-order valence-electron chi connectivity index (χ1n) is 14.6. The maximum Gasteiger partial charge on any atom is 0.436 e. The number of aliphatic carboxylic acids is 1.